The van der Waals surface area contributed by atoms with Crippen LogP contribution in [-0.2, 0) is 0 Å². The Bertz CT molecular complexity index is 424. The standard InChI is InChI=1S/C36H75N/c1-8-11-14-17-20-21-22-23-24-25-28-31-34-37(35(4,5)32-29-26-18-15-12-9-2)36(6,7)33-30-27-19-16-13-10-3/h8-34H2,1-7H3. The van der Waals surface area contributed by atoms with Gasteiger partial charge in [0.2, 0.25) is 0 Å². The summed E-state index contributed by atoms with van der Waals surface area (Å²) in [5.41, 5.74) is 0.627. The van der Waals surface area contributed by atoms with Crippen LogP contribution in [0, 0.1) is 0 Å². The van der Waals surface area contributed by atoms with Crippen LogP contribution in [-0.4, -0.2) is 22.5 Å². The van der Waals surface area contributed by atoms with Crippen molar-refractivity contribution >= 4 is 0 Å². The lowest BCUT2D eigenvalue weighted by Crippen LogP contribution is -2.55. The molecule has 37 heavy (non-hydrogen) atoms. The van der Waals surface area contributed by atoms with Crippen LogP contribution in [0.1, 0.15) is 215 Å². The first kappa shape index (κ1) is 37.0. The van der Waals surface area contributed by atoms with Gasteiger partial charge in [-0.05, 0) is 53.5 Å². The van der Waals surface area contributed by atoms with E-state index >= 15 is 0 Å². The van der Waals surface area contributed by atoms with Gasteiger partial charge in [0.25, 0.3) is 0 Å². The molecule has 0 saturated heterocycles. The summed E-state index contributed by atoms with van der Waals surface area (Å²) < 4.78 is 0. The highest BCUT2D eigenvalue weighted by molar-refractivity contribution is 4.92. The van der Waals surface area contributed by atoms with Crippen molar-refractivity contribution in [3.63, 3.8) is 0 Å². The Hall–Kier alpha value is -0.0400. The number of hydrogen-bond donors (Lipinski definition) is 0. The van der Waals surface area contributed by atoms with E-state index < -0.39 is 0 Å². The van der Waals surface area contributed by atoms with Crippen molar-refractivity contribution in [2.24, 2.45) is 0 Å². The molecule has 0 aromatic rings. The average Bonchev–Trinajstić information content (AvgIpc) is 2.86. The highest BCUT2D eigenvalue weighted by atomic mass is 15.2. The predicted octanol–water partition coefficient (Wildman–Crippen LogP) is 13.0. The van der Waals surface area contributed by atoms with Crippen molar-refractivity contribution in [2.45, 2.75) is 226 Å². The molecule has 224 valence electrons. The second kappa shape index (κ2) is 25.0. The molecule has 0 N–H and O–H groups in total. The second-order valence-corrected chi connectivity index (χ2v) is 13.7. The van der Waals surface area contributed by atoms with Crippen LogP contribution >= 0.6 is 0 Å². The van der Waals surface area contributed by atoms with Crippen molar-refractivity contribution in [3.05, 3.63) is 0 Å². The highest BCUT2D eigenvalue weighted by Gasteiger charge is 2.36. The molecule has 0 saturated carbocycles. The zero-order chi connectivity index (χ0) is 27.7. The number of nitrogens with zero attached hydrogens (tertiary/aromatic N) is 1. The van der Waals surface area contributed by atoms with Gasteiger partial charge in [-0.1, -0.05) is 168 Å². The van der Waals surface area contributed by atoms with E-state index in [1.54, 1.807) is 0 Å². The Morgan fingerprint density at radius 1 is 0.324 bits per heavy atom. The van der Waals surface area contributed by atoms with Crippen molar-refractivity contribution in [3.8, 4) is 0 Å². The van der Waals surface area contributed by atoms with E-state index in [4.69, 9.17) is 0 Å². The molecular weight excluding hydrogens is 446 g/mol. The van der Waals surface area contributed by atoms with Crippen molar-refractivity contribution < 1.29 is 0 Å². The SMILES string of the molecule is CCCCCCCCCCCCCCN(C(C)(C)CCCCCCCC)C(C)(C)CCCCCCCC. The fourth-order valence-corrected chi connectivity index (χ4v) is 6.48. The summed E-state index contributed by atoms with van der Waals surface area (Å²) in [6, 6.07) is 0. The normalized spacial score (nSPS) is 12.6. The molecule has 0 rings (SSSR count). The van der Waals surface area contributed by atoms with Gasteiger partial charge < -0.3 is 0 Å². The second-order valence-electron chi connectivity index (χ2n) is 13.7. The summed E-state index contributed by atoms with van der Waals surface area (Å²) in [6.45, 7) is 18.5. The maximum atomic E-state index is 2.95. The molecule has 0 fully saturated rings. The minimum Gasteiger partial charge on any atom is -0.293 e. The monoisotopic (exact) mass is 522 g/mol. The molecule has 0 aliphatic heterocycles. The summed E-state index contributed by atoms with van der Waals surface area (Å²) in [7, 11) is 0. The van der Waals surface area contributed by atoms with E-state index in [0.717, 1.165) is 0 Å². The van der Waals surface area contributed by atoms with Crippen LogP contribution in [0.25, 0.3) is 0 Å². The molecule has 1 heteroatoms. The van der Waals surface area contributed by atoms with E-state index in [9.17, 15) is 0 Å². The van der Waals surface area contributed by atoms with Crippen molar-refractivity contribution in [2.75, 3.05) is 6.54 Å². The maximum absolute atomic E-state index is 2.95. The van der Waals surface area contributed by atoms with Crippen LogP contribution < -0.4 is 0 Å². The number of rotatable bonds is 29. The summed E-state index contributed by atoms with van der Waals surface area (Å²) in [4.78, 5) is 2.95. The maximum Gasteiger partial charge on any atom is 0.0158 e. The lowest BCUT2D eigenvalue weighted by Gasteiger charge is -2.49. The van der Waals surface area contributed by atoms with Crippen LogP contribution in [0.4, 0.5) is 0 Å². The van der Waals surface area contributed by atoms with Gasteiger partial charge in [-0.2, -0.15) is 0 Å². The fraction of sp³-hybridized carbons (Fsp3) is 1.00. The van der Waals surface area contributed by atoms with Gasteiger partial charge in [-0.3, -0.25) is 4.90 Å². The highest BCUT2D eigenvalue weighted by Crippen LogP contribution is 2.34. The van der Waals surface area contributed by atoms with E-state index in [1.807, 2.05) is 0 Å². The largest absolute Gasteiger partial charge is 0.293 e. The molecule has 0 unspecified atom stereocenters. The molecule has 0 aliphatic rings. The quantitative estimate of drug-likeness (QED) is 0.0884. The van der Waals surface area contributed by atoms with Crippen molar-refractivity contribution in [1.29, 1.82) is 0 Å². The first-order valence-electron chi connectivity index (χ1n) is 17.6. The Kier molecular flexibility index (Phi) is 24.9. The molecule has 0 aromatic heterocycles. The lowest BCUT2D eigenvalue weighted by molar-refractivity contribution is 0.00151. The van der Waals surface area contributed by atoms with Gasteiger partial charge >= 0.3 is 0 Å². The summed E-state index contributed by atoms with van der Waals surface area (Å²) >= 11 is 0. The third kappa shape index (κ3) is 21.5. The predicted molar refractivity (Wildman–Crippen MR) is 172 cm³/mol. The van der Waals surface area contributed by atoms with Gasteiger partial charge in [0.15, 0.2) is 0 Å². The van der Waals surface area contributed by atoms with Gasteiger partial charge in [0, 0.05) is 11.1 Å². The molecule has 0 bridgehead atoms. The molecule has 0 aliphatic carbocycles. The lowest BCUT2D eigenvalue weighted by atomic mass is 9.85. The third-order valence-corrected chi connectivity index (χ3v) is 8.98. The molecule has 0 spiro atoms. The molecular formula is C36H75N. The minimum absolute atomic E-state index is 0.314. The molecule has 0 atom stereocenters. The molecule has 0 radical (unpaired) electrons. The third-order valence-electron chi connectivity index (χ3n) is 8.98. The van der Waals surface area contributed by atoms with E-state index in [1.165, 1.54) is 173 Å². The average molecular weight is 522 g/mol. The molecule has 0 aromatic carbocycles. The van der Waals surface area contributed by atoms with Crippen LogP contribution in [0.2, 0.25) is 0 Å². The molecule has 0 heterocycles. The first-order chi connectivity index (χ1) is 17.8. The zero-order valence-corrected chi connectivity index (χ0v) is 27.5. The summed E-state index contributed by atoms with van der Waals surface area (Å²) in [6.07, 6.45) is 36.9. The van der Waals surface area contributed by atoms with Gasteiger partial charge in [-0.15, -0.1) is 0 Å². The Morgan fingerprint density at radius 2 is 0.568 bits per heavy atom. The minimum atomic E-state index is 0.314. The molecule has 0 amide bonds. The van der Waals surface area contributed by atoms with Gasteiger partial charge in [-0.25, -0.2) is 0 Å². The van der Waals surface area contributed by atoms with E-state index in [2.05, 4.69) is 53.4 Å². The number of unbranched alkanes of at least 4 members (excludes halogenated alkanes) is 21. The topological polar surface area (TPSA) is 3.24 Å². The summed E-state index contributed by atoms with van der Waals surface area (Å²) in [5.74, 6) is 0. The Labute approximate surface area is 237 Å². The fourth-order valence-electron chi connectivity index (χ4n) is 6.48. The van der Waals surface area contributed by atoms with Crippen LogP contribution in [0.3, 0.4) is 0 Å². The summed E-state index contributed by atoms with van der Waals surface area (Å²) in [5, 5.41) is 0. The van der Waals surface area contributed by atoms with Crippen molar-refractivity contribution in [1.82, 2.24) is 4.90 Å². The molecule has 1 nitrogen and oxygen atoms in total. The first-order valence-corrected chi connectivity index (χ1v) is 17.6. The zero-order valence-electron chi connectivity index (χ0n) is 27.5. The van der Waals surface area contributed by atoms with Gasteiger partial charge in [0.1, 0.15) is 0 Å². The van der Waals surface area contributed by atoms with E-state index in [-0.39, 0.29) is 0 Å². The van der Waals surface area contributed by atoms with Crippen LogP contribution in [0.15, 0.2) is 0 Å². The van der Waals surface area contributed by atoms with Gasteiger partial charge in [0.05, 0.1) is 0 Å². The van der Waals surface area contributed by atoms with E-state index in [0.29, 0.717) is 11.1 Å². The Morgan fingerprint density at radius 3 is 0.865 bits per heavy atom. The number of hydrogen-bond acceptors (Lipinski definition) is 1. The Balaban J connectivity index is 4.51. The van der Waals surface area contributed by atoms with Crippen LogP contribution in [0.5, 0.6) is 0 Å². The smallest absolute Gasteiger partial charge is 0.0158 e.